The van der Waals surface area contributed by atoms with Gasteiger partial charge in [-0.1, -0.05) is 17.7 Å². The summed E-state index contributed by atoms with van der Waals surface area (Å²) in [6.07, 6.45) is 0. The van der Waals surface area contributed by atoms with E-state index in [0.717, 1.165) is 0 Å². The molecule has 0 bridgehead atoms. The van der Waals surface area contributed by atoms with Gasteiger partial charge in [-0.25, -0.2) is 0 Å². The molecule has 0 aliphatic rings. The molecule has 2 N–H and O–H groups in total. The lowest BCUT2D eigenvalue weighted by Crippen LogP contribution is -2.44. The fraction of sp³-hybridized carbons (Fsp3) is 0.462. The SMILES string of the molecule is CC(C)NC(=O)C(C)NCc1ccc(Cl)c([N+](=O)[O-])c1. The van der Waals surface area contributed by atoms with Crippen molar-refractivity contribution in [1.82, 2.24) is 10.6 Å². The molecule has 0 heterocycles. The van der Waals surface area contributed by atoms with Gasteiger partial charge in [0.25, 0.3) is 5.69 Å². The fourth-order valence-electron chi connectivity index (χ4n) is 1.58. The van der Waals surface area contributed by atoms with Crippen molar-refractivity contribution < 1.29 is 9.72 Å². The number of hydrogen-bond acceptors (Lipinski definition) is 4. The van der Waals surface area contributed by atoms with Gasteiger partial charge >= 0.3 is 0 Å². The van der Waals surface area contributed by atoms with Crippen LogP contribution < -0.4 is 10.6 Å². The topological polar surface area (TPSA) is 84.3 Å². The predicted octanol–water partition coefficient (Wildman–Crippen LogP) is 2.25. The molecular formula is C13H18ClN3O3. The highest BCUT2D eigenvalue weighted by atomic mass is 35.5. The molecule has 110 valence electrons. The molecule has 0 saturated heterocycles. The Bertz CT molecular complexity index is 506. The Balaban J connectivity index is 2.64. The van der Waals surface area contributed by atoms with Gasteiger partial charge in [-0.05, 0) is 32.4 Å². The van der Waals surface area contributed by atoms with Crippen molar-refractivity contribution in [3.05, 3.63) is 38.9 Å². The number of carbonyl (C=O) groups is 1. The number of halogens is 1. The summed E-state index contributed by atoms with van der Waals surface area (Å²) in [7, 11) is 0. The first-order valence-corrected chi connectivity index (χ1v) is 6.65. The molecule has 1 unspecified atom stereocenters. The van der Waals surface area contributed by atoms with Crippen molar-refractivity contribution in [2.75, 3.05) is 0 Å². The Hall–Kier alpha value is -1.66. The van der Waals surface area contributed by atoms with Gasteiger partial charge in [0.15, 0.2) is 0 Å². The summed E-state index contributed by atoms with van der Waals surface area (Å²) in [6, 6.07) is 4.27. The Morgan fingerprint density at radius 2 is 2.05 bits per heavy atom. The third-order valence-corrected chi connectivity index (χ3v) is 2.96. The van der Waals surface area contributed by atoms with Crippen molar-refractivity contribution in [3.63, 3.8) is 0 Å². The minimum Gasteiger partial charge on any atom is -0.353 e. The second kappa shape index (κ2) is 7.21. The number of benzene rings is 1. The van der Waals surface area contributed by atoms with E-state index in [1.54, 1.807) is 13.0 Å². The largest absolute Gasteiger partial charge is 0.353 e. The van der Waals surface area contributed by atoms with Crippen LogP contribution in [0, 0.1) is 10.1 Å². The summed E-state index contributed by atoms with van der Waals surface area (Å²) < 4.78 is 0. The van der Waals surface area contributed by atoms with Crippen molar-refractivity contribution in [2.45, 2.75) is 39.4 Å². The van der Waals surface area contributed by atoms with E-state index in [1.807, 2.05) is 13.8 Å². The quantitative estimate of drug-likeness (QED) is 0.623. The van der Waals surface area contributed by atoms with Crippen LogP contribution in [0.2, 0.25) is 5.02 Å². The van der Waals surface area contributed by atoms with Gasteiger partial charge in [0.05, 0.1) is 11.0 Å². The maximum atomic E-state index is 11.7. The third-order valence-electron chi connectivity index (χ3n) is 2.64. The molecule has 1 amide bonds. The first-order chi connectivity index (χ1) is 9.31. The number of amides is 1. The Labute approximate surface area is 122 Å². The van der Waals surface area contributed by atoms with Gasteiger partial charge in [0, 0.05) is 18.7 Å². The molecule has 0 saturated carbocycles. The number of nitro benzene ring substituents is 1. The lowest BCUT2D eigenvalue weighted by molar-refractivity contribution is -0.384. The average molecular weight is 300 g/mol. The summed E-state index contributed by atoms with van der Waals surface area (Å²) in [5, 5.41) is 16.7. The van der Waals surface area contributed by atoms with Crippen LogP contribution in [0.15, 0.2) is 18.2 Å². The lowest BCUT2D eigenvalue weighted by Gasteiger charge is -2.16. The van der Waals surface area contributed by atoms with Crippen molar-refractivity contribution >= 4 is 23.2 Å². The molecule has 0 radical (unpaired) electrons. The number of hydrogen-bond donors (Lipinski definition) is 2. The second-order valence-corrected chi connectivity index (χ2v) is 5.22. The molecule has 1 aromatic rings. The van der Waals surface area contributed by atoms with E-state index >= 15 is 0 Å². The molecule has 1 rings (SSSR count). The molecule has 7 heteroatoms. The van der Waals surface area contributed by atoms with Gasteiger partial charge in [0.2, 0.25) is 5.91 Å². The number of nitro groups is 1. The maximum absolute atomic E-state index is 11.7. The number of rotatable bonds is 6. The van der Waals surface area contributed by atoms with E-state index in [0.29, 0.717) is 12.1 Å². The van der Waals surface area contributed by atoms with Crippen molar-refractivity contribution in [1.29, 1.82) is 0 Å². The van der Waals surface area contributed by atoms with Crippen molar-refractivity contribution in [3.8, 4) is 0 Å². The third kappa shape index (κ3) is 4.79. The van der Waals surface area contributed by atoms with Crippen molar-refractivity contribution in [2.24, 2.45) is 0 Å². The van der Waals surface area contributed by atoms with E-state index in [-0.39, 0.29) is 28.7 Å². The van der Waals surface area contributed by atoms with Gasteiger partial charge < -0.3 is 10.6 Å². The zero-order valence-electron chi connectivity index (χ0n) is 11.6. The number of nitrogens with one attached hydrogen (secondary N) is 2. The van der Waals surface area contributed by atoms with Gasteiger partial charge in [0.1, 0.15) is 5.02 Å². The zero-order chi connectivity index (χ0) is 15.3. The Morgan fingerprint density at radius 1 is 1.40 bits per heavy atom. The minimum atomic E-state index is -0.527. The summed E-state index contributed by atoms with van der Waals surface area (Å²) in [6.45, 7) is 5.85. The Kier molecular flexibility index (Phi) is 5.91. The van der Waals surface area contributed by atoms with Crippen LogP contribution in [-0.4, -0.2) is 22.9 Å². The molecule has 0 aliphatic heterocycles. The minimum absolute atomic E-state index is 0.0726. The number of nitrogens with zero attached hydrogens (tertiary/aromatic N) is 1. The van der Waals surface area contributed by atoms with E-state index in [1.165, 1.54) is 12.1 Å². The fourth-order valence-corrected chi connectivity index (χ4v) is 1.77. The monoisotopic (exact) mass is 299 g/mol. The predicted molar refractivity (Wildman–Crippen MR) is 77.7 cm³/mol. The summed E-state index contributed by atoms with van der Waals surface area (Å²) >= 11 is 5.74. The second-order valence-electron chi connectivity index (χ2n) is 4.81. The Morgan fingerprint density at radius 3 is 2.60 bits per heavy atom. The van der Waals surface area contributed by atoms with Gasteiger partial charge in [-0.2, -0.15) is 0 Å². The maximum Gasteiger partial charge on any atom is 0.288 e. The summed E-state index contributed by atoms with van der Waals surface area (Å²) in [5.41, 5.74) is 0.565. The molecule has 1 atom stereocenters. The normalized spacial score (nSPS) is 12.2. The van der Waals surface area contributed by atoms with Crippen LogP contribution in [0.5, 0.6) is 0 Å². The molecule has 20 heavy (non-hydrogen) atoms. The van der Waals surface area contributed by atoms with E-state index < -0.39 is 4.92 Å². The van der Waals surface area contributed by atoms with Gasteiger partial charge in [-0.15, -0.1) is 0 Å². The first kappa shape index (κ1) is 16.4. The molecular weight excluding hydrogens is 282 g/mol. The lowest BCUT2D eigenvalue weighted by atomic mass is 10.2. The van der Waals surface area contributed by atoms with Crippen LogP contribution >= 0.6 is 11.6 Å². The van der Waals surface area contributed by atoms with Crippen LogP contribution in [0.1, 0.15) is 26.3 Å². The number of carbonyl (C=O) groups excluding carboxylic acids is 1. The summed E-state index contributed by atoms with van der Waals surface area (Å²) in [5.74, 6) is -0.108. The van der Waals surface area contributed by atoms with Crippen LogP contribution in [-0.2, 0) is 11.3 Å². The molecule has 0 aliphatic carbocycles. The van der Waals surface area contributed by atoms with E-state index in [2.05, 4.69) is 10.6 Å². The smallest absolute Gasteiger partial charge is 0.288 e. The van der Waals surface area contributed by atoms with E-state index in [9.17, 15) is 14.9 Å². The molecule has 6 nitrogen and oxygen atoms in total. The van der Waals surface area contributed by atoms with Crippen LogP contribution in [0.25, 0.3) is 0 Å². The molecule has 0 spiro atoms. The summed E-state index contributed by atoms with van der Waals surface area (Å²) in [4.78, 5) is 22.0. The van der Waals surface area contributed by atoms with Crippen LogP contribution in [0.3, 0.4) is 0 Å². The van der Waals surface area contributed by atoms with E-state index in [4.69, 9.17) is 11.6 Å². The molecule has 0 aromatic heterocycles. The standard InChI is InChI=1S/C13H18ClN3O3/c1-8(2)16-13(18)9(3)15-7-10-4-5-11(14)12(6-10)17(19)20/h4-6,8-9,15H,7H2,1-3H3,(H,16,18). The highest BCUT2D eigenvalue weighted by Gasteiger charge is 2.15. The van der Waals surface area contributed by atoms with Gasteiger partial charge in [-0.3, -0.25) is 14.9 Å². The molecule has 1 aromatic carbocycles. The highest BCUT2D eigenvalue weighted by molar-refractivity contribution is 6.32. The first-order valence-electron chi connectivity index (χ1n) is 6.28. The van der Waals surface area contributed by atoms with Crippen LogP contribution in [0.4, 0.5) is 5.69 Å². The zero-order valence-corrected chi connectivity index (χ0v) is 12.4. The highest BCUT2D eigenvalue weighted by Crippen LogP contribution is 2.24. The molecule has 0 fully saturated rings. The average Bonchev–Trinajstić information content (AvgIpc) is 2.36.